The molecule has 318 valence electrons. The number of ether oxygens (including phenoxy) is 2. The van der Waals surface area contributed by atoms with Crippen molar-refractivity contribution >= 4 is 6.29 Å². The number of aliphatic hydroxyl groups excluding tert-OH is 2. The zero-order valence-corrected chi connectivity index (χ0v) is 38.4. The first kappa shape index (κ1) is 54.7. The number of benzene rings is 1. The number of aldehydes is 1. The lowest BCUT2D eigenvalue weighted by Gasteiger charge is -2.36. The molecule has 0 heterocycles. The molecule has 2 saturated carbocycles. The minimum absolute atomic E-state index is 0.0313. The Morgan fingerprint density at radius 1 is 0.839 bits per heavy atom. The number of carbonyl (C=O) groups is 1. The van der Waals surface area contributed by atoms with E-state index in [9.17, 15) is 9.90 Å². The molecule has 0 saturated heterocycles. The second kappa shape index (κ2) is 30.7. The highest BCUT2D eigenvalue weighted by molar-refractivity contribution is 5.65. The minimum Gasteiger partial charge on any atom is -0.493 e. The third-order valence-electron chi connectivity index (χ3n) is 11.1. The second-order valence-electron chi connectivity index (χ2n) is 16.9. The van der Waals surface area contributed by atoms with Crippen molar-refractivity contribution < 1.29 is 24.5 Å². The fourth-order valence-corrected chi connectivity index (χ4v) is 6.72. The molecule has 2 N–H and O–H groups in total. The van der Waals surface area contributed by atoms with Crippen molar-refractivity contribution in [2.75, 3.05) is 20.8 Å². The van der Waals surface area contributed by atoms with Crippen LogP contribution in [-0.2, 0) is 11.2 Å². The van der Waals surface area contributed by atoms with Crippen LogP contribution >= 0.6 is 0 Å². The summed E-state index contributed by atoms with van der Waals surface area (Å²) in [5, 5.41) is 18.4. The molecule has 56 heavy (non-hydrogen) atoms. The monoisotopic (exact) mass is 777 g/mol. The zero-order chi connectivity index (χ0) is 43.3. The molecule has 2 aliphatic rings. The van der Waals surface area contributed by atoms with E-state index in [1.807, 2.05) is 43.4 Å². The van der Waals surface area contributed by atoms with Gasteiger partial charge in [0.05, 0.1) is 26.9 Å². The maximum atomic E-state index is 10.0. The van der Waals surface area contributed by atoms with Crippen LogP contribution in [0.2, 0.25) is 0 Å². The summed E-state index contributed by atoms with van der Waals surface area (Å²) in [7, 11) is 3.26. The maximum Gasteiger partial charge on any atom is 0.160 e. The third-order valence-corrected chi connectivity index (χ3v) is 11.1. The average Bonchev–Trinajstić information content (AvgIpc) is 3.45. The van der Waals surface area contributed by atoms with Crippen LogP contribution in [0.1, 0.15) is 146 Å². The summed E-state index contributed by atoms with van der Waals surface area (Å²) >= 11 is 0. The van der Waals surface area contributed by atoms with Crippen LogP contribution in [-0.4, -0.2) is 43.4 Å². The number of hydrogen-bond donors (Lipinski definition) is 2. The van der Waals surface area contributed by atoms with Crippen LogP contribution in [0.5, 0.6) is 11.5 Å². The fraction of sp³-hybridized carbons (Fsp3) is 0.588. The molecular weight excluding hydrogens is 693 g/mol. The van der Waals surface area contributed by atoms with Crippen LogP contribution < -0.4 is 9.47 Å². The fourth-order valence-electron chi connectivity index (χ4n) is 6.72. The lowest BCUT2D eigenvalue weighted by atomic mass is 9.70. The second-order valence-corrected chi connectivity index (χ2v) is 16.9. The van der Waals surface area contributed by atoms with Crippen molar-refractivity contribution in [2.45, 2.75) is 153 Å². The molecule has 0 amide bonds. The van der Waals surface area contributed by atoms with Gasteiger partial charge in [0.1, 0.15) is 6.29 Å². The van der Waals surface area contributed by atoms with E-state index < -0.39 is 0 Å². The van der Waals surface area contributed by atoms with Gasteiger partial charge >= 0.3 is 0 Å². The number of rotatable bonds is 16. The Morgan fingerprint density at radius 3 is 1.75 bits per heavy atom. The molecule has 0 radical (unpaired) electrons. The molecule has 1 aromatic rings. The maximum absolute atomic E-state index is 10.0. The average molecular weight is 777 g/mol. The van der Waals surface area contributed by atoms with E-state index in [-0.39, 0.29) is 18.1 Å². The van der Waals surface area contributed by atoms with Gasteiger partial charge in [-0.2, -0.15) is 0 Å². The number of methoxy groups -OCH3 is 2. The molecule has 0 aromatic heterocycles. The molecular formula is C51H84O5. The van der Waals surface area contributed by atoms with Gasteiger partial charge in [0.25, 0.3) is 0 Å². The summed E-state index contributed by atoms with van der Waals surface area (Å²) < 4.78 is 10.3. The highest BCUT2D eigenvalue weighted by Gasteiger charge is 2.60. The Kier molecular flexibility index (Phi) is 30.0. The summed E-state index contributed by atoms with van der Waals surface area (Å²) in [5.74, 6) is 2.97. The smallest absolute Gasteiger partial charge is 0.160 e. The van der Waals surface area contributed by atoms with E-state index in [4.69, 9.17) is 14.6 Å². The minimum atomic E-state index is -0.0313. The van der Waals surface area contributed by atoms with Gasteiger partial charge in [-0.1, -0.05) is 98.1 Å². The van der Waals surface area contributed by atoms with Crippen LogP contribution in [0.25, 0.3) is 0 Å². The van der Waals surface area contributed by atoms with E-state index >= 15 is 0 Å². The molecule has 4 atom stereocenters. The number of aliphatic hydroxyl groups is 2. The first-order valence-electron chi connectivity index (χ1n) is 20.7. The SMILES string of the molecule is C=CC(C)CCC=C(C)C.C=CCc1ccc(OC)c(OC)c1.CC(C)=CCC/C(C)=C\C=O.CC(C)=CCC/C(C)=C\CO.CC1(C)[C@H]2CC[C@@]1(C)C(O)C2. The largest absolute Gasteiger partial charge is 0.493 e. The standard InChI is InChI=1S/C11H14O2.2C10H18O.C10H16O.C10H18/c1-4-5-9-6-7-10(12-2)11(8-9)13-3;1-9(2)7-4-5-10(9,3)8(11)6-7;2*1-9(2)5-4-6-10(3)7-8-11;1-5-10(4)8-6-7-9(2)3/h4,6-8H,1,5H2,2-3H3;7-8,11H,4-6H2,1-3H3;5,7,11H,4,6,8H2,1-3H3;5,7-8H,4,6H2,1-3H3;5,7,10H,1,6,8H2,2-4H3/b;;2*10-7-;/t;7-,8?,10-;;;/m.0.../s1. The van der Waals surface area contributed by atoms with Gasteiger partial charge in [-0.25, -0.2) is 0 Å². The van der Waals surface area contributed by atoms with Crippen LogP contribution in [0, 0.1) is 22.7 Å². The Balaban J connectivity index is 0. The first-order chi connectivity index (χ1) is 26.3. The van der Waals surface area contributed by atoms with Gasteiger partial charge in [-0.15, -0.1) is 13.2 Å². The first-order valence-corrected chi connectivity index (χ1v) is 20.7. The number of fused-ring (bicyclic) bond motifs is 2. The van der Waals surface area contributed by atoms with Crippen molar-refractivity contribution in [3.05, 3.63) is 107 Å². The molecule has 1 aromatic carbocycles. The van der Waals surface area contributed by atoms with E-state index in [0.717, 1.165) is 67.8 Å². The zero-order valence-electron chi connectivity index (χ0n) is 38.4. The summed E-state index contributed by atoms with van der Waals surface area (Å²) in [5.41, 5.74) is 8.31. The van der Waals surface area contributed by atoms with Gasteiger partial charge in [-0.05, 0) is 166 Å². The topological polar surface area (TPSA) is 76.0 Å². The Hall–Kier alpha value is -3.41. The molecule has 2 bridgehead atoms. The molecule has 2 fully saturated rings. The summed E-state index contributed by atoms with van der Waals surface area (Å²) in [4.78, 5) is 10.0. The molecule has 0 spiro atoms. The predicted molar refractivity (Wildman–Crippen MR) is 245 cm³/mol. The van der Waals surface area contributed by atoms with Crippen molar-refractivity contribution in [2.24, 2.45) is 22.7 Å². The normalized spacial score (nSPS) is 19.3. The van der Waals surface area contributed by atoms with E-state index in [1.54, 1.807) is 20.3 Å². The van der Waals surface area contributed by atoms with E-state index in [0.29, 0.717) is 11.3 Å². The molecule has 2 unspecified atom stereocenters. The number of hydrogen-bond acceptors (Lipinski definition) is 5. The number of carbonyl (C=O) groups excluding carboxylic acids is 1. The Morgan fingerprint density at radius 2 is 1.38 bits per heavy atom. The Bertz CT molecular complexity index is 1410. The number of allylic oxidation sites excluding steroid dienone is 11. The van der Waals surface area contributed by atoms with Crippen molar-refractivity contribution in [3.8, 4) is 11.5 Å². The van der Waals surface area contributed by atoms with Crippen molar-refractivity contribution in [1.82, 2.24) is 0 Å². The lowest BCUT2D eigenvalue weighted by Crippen LogP contribution is -2.35. The lowest BCUT2D eigenvalue weighted by molar-refractivity contribution is -0.104. The van der Waals surface area contributed by atoms with Gasteiger partial charge in [0.15, 0.2) is 11.5 Å². The van der Waals surface area contributed by atoms with Crippen LogP contribution in [0.4, 0.5) is 0 Å². The molecule has 2 aliphatic carbocycles. The highest BCUT2D eigenvalue weighted by atomic mass is 16.5. The summed E-state index contributed by atoms with van der Waals surface area (Å²) in [6.07, 6.45) is 25.9. The van der Waals surface area contributed by atoms with Gasteiger partial charge < -0.3 is 19.7 Å². The summed E-state index contributed by atoms with van der Waals surface area (Å²) in [6.45, 7) is 33.4. The molecule has 0 aliphatic heterocycles. The molecule has 5 nitrogen and oxygen atoms in total. The third kappa shape index (κ3) is 23.0. The van der Waals surface area contributed by atoms with Crippen LogP contribution in [0.15, 0.2) is 102 Å². The summed E-state index contributed by atoms with van der Waals surface area (Å²) in [6, 6.07) is 5.86. The molecule has 5 heteroatoms. The van der Waals surface area contributed by atoms with Crippen molar-refractivity contribution in [3.63, 3.8) is 0 Å². The highest BCUT2D eigenvalue weighted by Crippen LogP contribution is 2.65. The van der Waals surface area contributed by atoms with Gasteiger partial charge in [0, 0.05) is 0 Å². The van der Waals surface area contributed by atoms with Crippen molar-refractivity contribution in [1.29, 1.82) is 0 Å². The Labute approximate surface area is 345 Å². The van der Waals surface area contributed by atoms with E-state index in [1.165, 1.54) is 53.5 Å². The van der Waals surface area contributed by atoms with Gasteiger partial charge in [0.2, 0.25) is 0 Å². The van der Waals surface area contributed by atoms with Crippen LogP contribution in [0.3, 0.4) is 0 Å². The van der Waals surface area contributed by atoms with Gasteiger partial charge in [-0.3, -0.25) is 4.79 Å². The predicted octanol–water partition coefficient (Wildman–Crippen LogP) is 13.7. The van der Waals surface area contributed by atoms with E-state index in [2.05, 4.69) is 108 Å². The molecule has 3 rings (SSSR count). The quantitative estimate of drug-likeness (QED) is 0.0993.